The Balaban J connectivity index is 1.47. The van der Waals surface area contributed by atoms with Gasteiger partial charge in [-0.3, -0.25) is 4.79 Å². The molecule has 1 aliphatic carbocycles. The number of furan rings is 1. The first-order chi connectivity index (χ1) is 15.2. The molecule has 172 valence electrons. The van der Waals surface area contributed by atoms with Crippen LogP contribution in [0.4, 0.5) is 11.5 Å². The molecule has 1 saturated heterocycles. The van der Waals surface area contributed by atoms with Crippen LogP contribution in [0.2, 0.25) is 0 Å². The summed E-state index contributed by atoms with van der Waals surface area (Å²) in [4.78, 5) is 22.4. The molecule has 1 saturated carbocycles. The van der Waals surface area contributed by atoms with E-state index in [1.165, 1.54) is 29.7 Å². The van der Waals surface area contributed by atoms with E-state index in [9.17, 15) is 4.79 Å². The maximum absolute atomic E-state index is 13.1. The van der Waals surface area contributed by atoms with Gasteiger partial charge < -0.3 is 24.7 Å². The second-order valence-electron chi connectivity index (χ2n) is 10.4. The molecule has 2 aromatic rings. The first-order valence-electron chi connectivity index (χ1n) is 11.8. The summed E-state index contributed by atoms with van der Waals surface area (Å²) in [5.74, 6) is 2.06. The minimum Gasteiger partial charge on any atom is -0.459 e. The van der Waals surface area contributed by atoms with Crippen LogP contribution in [-0.4, -0.2) is 47.1 Å². The zero-order chi connectivity index (χ0) is 22.6. The monoisotopic (exact) mass is 438 g/mol. The molecular weight excluding hydrogens is 404 g/mol. The molecule has 2 aliphatic heterocycles. The van der Waals surface area contributed by atoms with E-state index in [1.807, 2.05) is 4.90 Å². The maximum atomic E-state index is 13.1. The molecule has 0 bridgehead atoms. The lowest BCUT2D eigenvalue weighted by Gasteiger charge is -2.44. The highest BCUT2D eigenvalue weighted by molar-refractivity contribution is 5.92. The van der Waals surface area contributed by atoms with E-state index >= 15 is 0 Å². The van der Waals surface area contributed by atoms with Gasteiger partial charge >= 0.3 is 0 Å². The lowest BCUT2D eigenvalue weighted by molar-refractivity contribution is -0.0404. The minimum atomic E-state index is -0.227. The van der Waals surface area contributed by atoms with Gasteiger partial charge in [-0.05, 0) is 50.3 Å². The van der Waals surface area contributed by atoms with Crippen molar-refractivity contribution in [2.75, 3.05) is 30.3 Å². The van der Waals surface area contributed by atoms with Crippen molar-refractivity contribution in [1.29, 1.82) is 0 Å². The molecule has 2 aromatic heterocycles. The highest BCUT2D eigenvalue weighted by Gasteiger charge is 2.39. The van der Waals surface area contributed by atoms with Gasteiger partial charge in [0.25, 0.3) is 5.91 Å². The van der Waals surface area contributed by atoms with Gasteiger partial charge in [0.2, 0.25) is 0 Å². The van der Waals surface area contributed by atoms with Crippen LogP contribution in [0.25, 0.3) is 0 Å². The molecule has 2 fully saturated rings. The molecule has 2 N–H and O–H groups in total. The number of aromatic nitrogens is 1. The standard InChI is InChI=1S/C25H34N4O3/c1-15(2)19-13-28(9-10-29(19)24(30)20-6-5-11-31-20)23-21(26)17-12-25(3,4)32-14-18(17)22(27-23)16-7-8-16/h5-6,11,15-16,19H,7-10,12-14,26H2,1-4H3/t19-/m0/s1. The molecule has 7 heteroatoms. The fraction of sp³-hybridized carbons (Fsp3) is 0.600. The number of ether oxygens (including phenoxy) is 1. The predicted octanol–water partition coefficient (Wildman–Crippen LogP) is 3.97. The SMILES string of the molecule is CC(C)[C@@H]1CN(c2nc(C3CC3)c3c(c2N)CC(C)(C)OC3)CCN1C(=O)c1ccco1. The second kappa shape index (κ2) is 7.80. The van der Waals surface area contributed by atoms with Crippen molar-refractivity contribution >= 4 is 17.4 Å². The van der Waals surface area contributed by atoms with Crippen LogP contribution in [0.1, 0.15) is 73.8 Å². The molecule has 4 heterocycles. The highest BCUT2D eigenvalue weighted by atomic mass is 16.5. The maximum Gasteiger partial charge on any atom is 0.289 e. The Bertz CT molecular complexity index is 1010. The molecular formula is C25H34N4O3. The van der Waals surface area contributed by atoms with Gasteiger partial charge in [-0.25, -0.2) is 4.98 Å². The number of hydrogen-bond acceptors (Lipinski definition) is 6. The van der Waals surface area contributed by atoms with Crippen molar-refractivity contribution in [1.82, 2.24) is 9.88 Å². The van der Waals surface area contributed by atoms with Crippen LogP contribution >= 0.6 is 0 Å². The average Bonchev–Trinajstić information content (AvgIpc) is 3.46. The van der Waals surface area contributed by atoms with Crippen LogP contribution in [-0.2, 0) is 17.8 Å². The van der Waals surface area contributed by atoms with E-state index in [0.717, 1.165) is 17.9 Å². The Hall–Kier alpha value is -2.54. The van der Waals surface area contributed by atoms with Crippen molar-refractivity contribution in [3.05, 3.63) is 41.0 Å². The molecule has 0 unspecified atom stereocenters. The first-order valence-corrected chi connectivity index (χ1v) is 11.8. The third-order valence-electron chi connectivity index (χ3n) is 7.12. The van der Waals surface area contributed by atoms with E-state index < -0.39 is 0 Å². The van der Waals surface area contributed by atoms with Gasteiger partial charge in [0.15, 0.2) is 11.6 Å². The smallest absolute Gasteiger partial charge is 0.289 e. The van der Waals surface area contributed by atoms with Gasteiger partial charge in [0.05, 0.1) is 35.9 Å². The zero-order valence-electron chi connectivity index (χ0n) is 19.6. The van der Waals surface area contributed by atoms with Gasteiger partial charge in [0.1, 0.15) is 0 Å². The number of rotatable bonds is 4. The molecule has 3 aliphatic rings. The fourth-order valence-electron chi connectivity index (χ4n) is 5.10. The summed E-state index contributed by atoms with van der Waals surface area (Å²) in [5.41, 5.74) is 10.9. The number of carbonyl (C=O) groups is 1. The van der Waals surface area contributed by atoms with Crippen molar-refractivity contribution in [2.45, 2.75) is 71.1 Å². The van der Waals surface area contributed by atoms with E-state index in [1.54, 1.807) is 18.4 Å². The summed E-state index contributed by atoms with van der Waals surface area (Å²) in [5, 5.41) is 0. The molecule has 1 atom stereocenters. The van der Waals surface area contributed by atoms with E-state index in [0.29, 0.717) is 43.8 Å². The molecule has 0 aromatic carbocycles. The third-order valence-corrected chi connectivity index (χ3v) is 7.12. The predicted molar refractivity (Wildman–Crippen MR) is 124 cm³/mol. The molecule has 5 rings (SSSR count). The van der Waals surface area contributed by atoms with Gasteiger partial charge in [-0.15, -0.1) is 0 Å². The average molecular weight is 439 g/mol. The number of amides is 1. The Morgan fingerprint density at radius 3 is 2.69 bits per heavy atom. The minimum absolute atomic E-state index is 0.0442. The number of nitrogen functional groups attached to an aromatic ring is 1. The Morgan fingerprint density at radius 2 is 2.03 bits per heavy atom. The number of pyridine rings is 1. The molecule has 7 nitrogen and oxygen atoms in total. The summed E-state index contributed by atoms with van der Waals surface area (Å²) in [6.07, 6.45) is 4.72. The molecule has 0 radical (unpaired) electrons. The van der Waals surface area contributed by atoms with Crippen molar-refractivity contribution in [2.24, 2.45) is 5.92 Å². The highest BCUT2D eigenvalue weighted by Crippen LogP contribution is 2.46. The lowest BCUT2D eigenvalue weighted by atomic mass is 9.89. The van der Waals surface area contributed by atoms with Gasteiger partial charge in [0, 0.05) is 37.5 Å². The summed E-state index contributed by atoms with van der Waals surface area (Å²) in [7, 11) is 0. The zero-order valence-corrected chi connectivity index (χ0v) is 19.6. The largest absolute Gasteiger partial charge is 0.459 e. The first kappa shape index (κ1) is 21.3. The third kappa shape index (κ3) is 3.76. The van der Waals surface area contributed by atoms with Crippen molar-refractivity contribution < 1.29 is 13.9 Å². The van der Waals surface area contributed by atoms with Crippen LogP contribution in [0.5, 0.6) is 0 Å². The normalized spacial score (nSPS) is 22.8. The number of nitrogens with zero attached hydrogens (tertiary/aromatic N) is 3. The van der Waals surface area contributed by atoms with Crippen molar-refractivity contribution in [3.8, 4) is 0 Å². The van der Waals surface area contributed by atoms with Crippen LogP contribution in [0, 0.1) is 5.92 Å². The lowest BCUT2D eigenvalue weighted by Crippen LogP contribution is -2.57. The summed E-state index contributed by atoms with van der Waals surface area (Å²) < 4.78 is 11.5. The Labute approximate surface area is 189 Å². The number of anilines is 2. The Morgan fingerprint density at radius 1 is 1.25 bits per heavy atom. The van der Waals surface area contributed by atoms with Crippen LogP contribution in [0.15, 0.2) is 22.8 Å². The van der Waals surface area contributed by atoms with E-state index in [4.69, 9.17) is 19.9 Å². The summed E-state index contributed by atoms with van der Waals surface area (Å²) >= 11 is 0. The molecule has 0 spiro atoms. The number of fused-ring (bicyclic) bond motifs is 1. The van der Waals surface area contributed by atoms with Gasteiger partial charge in [-0.2, -0.15) is 0 Å². The van der Waals surface area contributed by atoms with E-state index in [-0.39, 0.29) is 17.6 Å². The van der Waals surface area contributed by atoms with E-state index in [2.05, 4.69) is 32.6 Å². The Kier molecular flexibility index (Phi) is 5.19. The summed E-state index contributed by atoms with van der Waals surface area (Å²) in [6.45, 7) is 11.2. The molecule has 32 heavy (non-hydrogen) atoms. The quantitative estimate of drug-likeness (QED) is 0.777. The number of nitrogens with two attached hydrogens (primary N) is 1. The topological polar surface area (TPSA) is 84.8 Å². The summed E-state index contributed by atoms with van der Waals surface area (Å²) in [6, 6.07) is 3.56. The van der Waals surface area contributed by atoms with Gasteiger partial charge in [-0.1, -0.05) is 13.8 Å². The van der Waals surface area contributed by atoms with Crippen molar-refractivity contribution in [3.63, 3.8) is 0 Å². The fourth-order valence-corrected chi connectivity index (χ4v) is 5.10. The van der Waals surface area contributed by atoms with Crippen LogP contribution in [0.3, 0.4) is 0 Å². The number of carbonyl (C=O) groups excluding carboxylic acids is 1. The number of piperazine rings is 1. The second-order valence-corrected chi connectivity index (χ2v) is 10.4. The van der Waals surface area contributed by atoms with Crippen LogP contribution < -0.4 is 10.6 Å². The number of hydrogen-bond donors (Lipinski definition) is 1. The molecule has 1 amide bonds.